The second kappa shape index (κ2) is 13.8. The summed E-state index contributed by atoms with van der Waals surface area (Å²) < 4.78 is 18.4. The maximum absolute atomic E-state index is 13.7. The van der Waals surface area contributed by atoms with Crippen LogP contribution in [0.4, 0.5) is 14.0 Å². The van der Waals surface area contributed by atoms with E-state index in [4.69, 9.17) is 4.74 Å². The molecule has 2 fully saturated rings. The molecule has 0 aliphatic carbocycles. The van der Waals surface area contributed by atoms with Crippen LogP contribution in [0.3, 0.4) is 0 Å². The predicted octanol–water partition coefficient (Wildman–Crippen LogP) is 2.46. The number of hydrazine groups is 1. The number of ether oxygens (including phenoxy) is 1. The van der Waals surface area contributed by atoms with Gasteiger partial charge in [-0.25, -0.2) is 24.0 Å². The van der Waals surface area contributed by atoms with Crippen molar-refractivity contribution < 1.29 is 28.3 Å². The summed E-state index contributed by atoms with van der Waals surface area (Å²) in [5.74, 6) is -0.937. The Kier molecular flexibility index (Phi) is 9.91. The number of hydrogen-bond donors (Lipinski definition) is 2. The van der Waals surface area contributed by atoms with Gasteiger partial charge in [-0.1, -0.05) is 55.1 Å². The Morgan fingerprint density at radius 1 is 1.07 bits per heavy atom. The average Bonchev–Trinajstić information content (AvgIpc) is 2.96. The molecule has 2 heterocycles. The maximum Gasteiger partial charge on any atom is 0.407 e. The van der Waals surface area contributed by atoms with Crippen LogP contribution < -0.4 is 10.6 Å². The van der Waals surface area contributed by atoms with Gasteiger partial charge in [0.15, 0.2) is 0 Å². The minimum absolute atomic E-state index is 0.0743. The average molecular weight is 567 g/mol. The lowest BCUT2D eigenvalue weighted by molar-refractivity contribution is -0.188. The number of rotatable bonds is 10. The maximum atomic E-state index is 13.7. The molecule has 2 aliphatic heterocycles. The van der Waals surface area contributed by atoms with Crippen molar-refractivity contribution in [2.24, 2.45) is 0 Å². The van der Waals surface area contributed by atoms with Gasteiger partial charge in [0.1, 0.15) is 24.6 Å². The summed E-state index contributed by atoms with van der Waals surface area (Å²) >= 11 is 0. The molecule has 12 heteroatoms. The molecule has 41 heavy (non-hydrogen) atoms. The lowest BCUT2D eigenvalue weighted by atomic mass is 10.0. The number of piperazine rings is 1. The molecule has 4 rings (SSSR count). The topological polar surface area (TPSA) is 115 Å². The molecule has 218 valence electrons. The van der Waals surface area contributed by atoms with Gasteiger partial charge >= 0.3 is 12.1 Å². The number of urea groups is 1. The van der Waals surface area contributed by atoms with E-state index in [1.807, 2.05) is 30.3 Å². The third-order valence-electron chi connectivity index (χ3n) is 6.98. The highest BCUT2D eigenvalue weighted by Gasteiger charge is 2.50. The second-order valence-corrected chi connectivity index (χ2v) is 9.90. The second-order valence-electron chi connectivity index (χ2n) is 9.90. The standard InChI is InChI=1S/C29H35FN6O5/c1-3-16-41-29(40)31-15-7-10-24-27(38)34(18-22-11-13-23(30)14-12-22)19-25-35(24)26(37)20-33(2)36(25)28(39)32-17-21-8-5-4-6-9-21/h3-6,8-9,11-14,24-25H,1,7,10,15-20H2,2H3,(H,31,40)(H,32,39)/t24-,25-/m0/s1. The first-order valence-corrected chi connectivity index (χ1v) is 13.5. The summed E-state index contributed by atoms with van der Waals surface area (Å²) in [6.07, 6.45) is 0.734. The van der Waals surface area contributed by atoms with E-state index in [1.54, 1.807) is 29.1 Å². The Morgan fingerprint density at radius 2 is 1.80 bits per heavy atom. The number of hydrogen-bond acceptors (Lipinski definition) is 6. The Bertz CT molecular complexity index is 1240. The molecule has 2 aliphatic rings. The fraction of sp³-hybridized carbons (Fsp3) is 0.379. The summed E-state index contributed by atoms with van der Waals surface area (Å²) in [7, 11) is 1.66. The van der Waals surface area contributed by atoms with E-state index in [2.05, 4.69) is 17.2 Å². The highest BCUT2D eigenvalue weighted by molar-refractivity contribution is 5.91. The fourth-order valence-electron chi connectivity index (χ4n) is 5.06. The predicted molar refractivity (Wildman–Crippen MR) is 148 cm³/mol. The molecule has 2 aromatic carbocycles. The van der Waals surface area contributed by atoms with Crippen molar-refractivity contribution >= 4 is 23.9 Å². The molecule has 5 amide bonds. The monoisotopic (exact) mass is 566 g/mol. The van der Waals surface area contributed by atoms with E-state index >= 15 is 0 Å². The van der Waals surface area contributed by atoms with Crippen LogP contribution in [0.25, 0.3) is 0 Å². The fourth-order valence-corrected chi connectivity index (χ4v) is 5.06. The number of carbonyl (C=O) groups excluding carboxylic acids is 4. The van der Waals surface area contributed by atoms with Crippen LogP contribution in [-0.2, 0) is 27.4 Å². The molecular formula is C29H35FN6O5. The Morgan fingerprint density at radius 3 is 2.51 bits per heavy atom. The zero-order valence-electron chi connectivity index (χ0n) is 23.0. The largest absolute Gasteiger partial charge is 0.445 e. The van der Waals surface area contributed by atoms with Crippen LogP contribution >= 0.6 is 0 Å². The molecule has 2 atom stereocenters. The minimum Gasteiger partial charge on any atom is -0.445 e. The Hall–Kier alpha value is -4.45. The Balaban J connectivity index is 1.54. The summed E-state index contributed by atoms with van der Waals surface area (Å²) in [5, 5.41) is 8.58. The molecule has 2 saturated heterocycles. The van der Waals surface area contributed by atoms with Gasteiger partial charge < -0.3 is 25.2 Å². The van der Waals surface area contributed by atoms with E-state index in [1.165, 1.54) is 28.1 Å². The van der Waals surface area contributed by atoms with Gasteiger partial charge in [0.25, 0.3) is 0 Å². The molecular weight excluding hydrogens is 531 g/mol. The molecule has 0 radical (unpaired) electrons. The van der Waals surface area contributed by atoms with E-state index in [-0.39, 0.29) is 56.8 Å². The lowest BCUT2D eigenvalue weighted by Gasteiger charge is -2.54. The summed E-state index contributed by atoms with van der Waals surface area (Å²) in [5.41, 5.74) is 1.64. The third kappa shape index (κ3) is 7.40. The Labute approximate surface area is 238 Å². The molecule has 2 N–H and O–H groups in total. The number of carbonyl (C=O) groups is 4. The molecule has 0 unspecified atom stereocenters. The van der Waals surface area contributed by atoms with E-state index in [0.29, 0.717) is 18.5 Å². The van der Waals surface area contributed by atoms with Crippen molar-refractivity contribution in [2.75, 3.05) is 33.3 Å². The SMILES string of the molecule is C=CCOC(=O)NCCC[C@H]1C(=O)N(Cc2ccc(F)cc2)C[C@H]2N1C(=O)CN(C)N2C(=O)NCc1ccccc1. The number of likely N-dealkylation sites (N-methyl/N-ethyl adjacent to an activating group) is 1. The van der Waals surface area contributed by atoms with Crippen molar-refractivity contribution in [1.82, 2.24) is 30.5 Å². The van der Waals surface area contributed by atoms with Crippen LogP contribution in [-0.4, -0.2) is 89.3 Å². The number of fused-ring (bicyclic) bond motifs is 1. The third-order valence-corrected chi connectivity index (χ3v) is 6.98. The molecule has 11 nitrogen and oxygen atoms in total. The van der Waals surface area contributed by atoms with Crippen LogP contribution in [0.1, 0.15) is 24.0 Å². The van der Waals surface area contributed by atoms with Crippen molar-refractivity contribution in [3.63, 3.8) is 0 Å². The van der Waals surface area contributed by atoms with Crippen LogP contribution in [0, 0.1) is 5.82 Å². The van der Waals surface area contributed by atoms with Gasteiger partial charge in [-0.15, -0.1) is 0 Å². The quantitative estimate of drug-likeness (QED) is 0.337. The number of nitrogens with zero attached hydrogens (tertiary/aromatic N) is 4. The van der Waals surface area contributed by atoms with Crippen molar-refractivity contribution in [3.05, 3.63) is 84.2 Å². The van der Waals surface area contributed by atoms with Crippen molar-refractivity contribution in [2.45, 2.75) is 38.1 Å². The highest BCUT2D eigenvalue weighted by Crippen LogP contribution is 2.29. The number of benzene rings is 2. The number of halogens is 1. The summed E-state index contributed by atoms with van der Waals surface area (Å²) in [6, 6.07) is 14.1. The first kappa shape index (κ1) is 29.5. The molecule has 0 aromatic heterocycles. The minimum atomic E-state index is -0.856. The number of amides is 5. The van der Waals surface area contributed by atoms with Gasteiger partial charge in [0, 0.05) is 26.7 Å². The highest BCUT2D eigenvalue weighted by atomic mass is 19.1. The number of alkyl carbamates (subject to hydrolysis) is 1. The van der Waals surface area contributed by atoms with Gasteiger partial charge in [-0.05, 0) is 36.1 Å². The van der Waals surface area contributed by atoms with Crippen LogP contribution in [0.5, 0.6) is 0 Å². The number of nitrogens with one attached hydrogen (secondary N) is 2. The summed E-state index contributed by atoms with van der Waals surface area (Å²) in [6.45, 7) is 4.27. The van der Waals surface area contributed by atoms with Crippen LogP contribution in [0.15, 0.2) is 67.3 Å². The zero-order valence-corrected chi connectivity index (χ0v) is 23.0. The molecule has 0 spiro atoms. The van der Waals surface area contributed by atoms with Crippen molar-refractivity contribution in [3.8, 4) is 0 Å². The molecule has 0 saturated carbocycles. The first-order chi connectivity index (χ1) is 19.8. The van der Waals surface area contributed by atoms with E-state index in [9.17, 15) is 23.6 Å². The normalized spacial score (nSPS) is 19.0. The lowest BCUT2D eigenvalue weighted by Crippen LogP contribution is -2.75. The first-order valence-electron chi connectivity index (χ1n) is 13.5. The van der Waals surface area contributed by atoms with Gasteiger partial charge in [-0.3, -0.25) is 9.59 Å². The smallest absolute Gasteiger partial charge is 0.407 e. The van der Waals surface area contributed by atoms with Gasteiger partial charge in [0.2, 0.25) is 11.8 Å². The zero-order chi connectivity index (χ0) is 29.4. The van der Waals surface area contributed by atoms with Crippen molar-refractivity contribution in [1.29, 1.82) is 0 Å². The molecule has 2 aromatic rings. The summed E-state index contributed by atoms with van der Waals surface area (Å²) in [4.78, 5) is 55.4. The van der Waals surface area contributed by atoms with E-state index < -0.39 is 24.3 Å². The van der Waals surface area contributed by atoms with Gasteiger partial charge in [0.05, 0.1) is 13.1 Å². The van der Waals surface area contributed by atoms with E-state index in [0.717, 1.165) is 5.56 Å². The van der Waals surface area contributed by atoms with Gasteiger partial charge in [-0.2, -0.15) is 0 Å². The van der Waals surface area contributed by atoms with Crippen LogP contribution in [0.2, 0.25) is 0 Å². The molecule has 0 bridgehead atoms.